The first-order chi connectivity index (χ1) is 11.5. The van der Waals surface area contributed by atoms with Crippen LogP contribution in [0.25, 0.3) is 0 Å². The SMILES string of the molecule is CCNC(=O)c1cccc(NC(=O)c2ccccc2OC(C)C)c1. The van der Waals surface area contributed by atoms with Gasteiger partial charge in [0, 0.05) is 17.8 Å². The number of carbonyl (C=O) groups excluding carboxylic acids is 2. The van der Waals surface area contributed by atoms with Crippen molar-refractivity contribution >= 4 is 17.5 Å². The average molecular weight is 326 g/mol. The van der Waals surface area contributed by atoms with Crippen LogP contribution in [0.3, 0.4) is 0 Å². The topological polar surface area (TPSA) is 67.4 Å². The van der Waals surface area contributed by atoms with E-state index < -0.39 is 0 Å². The van der Waals surface area contributed by atoms with Gasteiger partial charge in [0.15, 0.2) is 0 Å². The lowest BCUT2D eigenvalue weighted by Gasteiger charge is -2.14. The first-order valence-corrected chi connectivity index (χ1v) is 7.96. The van der Waals surface area contributed by atoms with Crippen molar-refractivity contribution in [3.63, 3.8) is 0 Å². The van der Waals surface area contributed by atoms with Crippen molar-refractivity contribution in [1.82, 2.24) is 5.32 Å². The zero-order valence-electron chi connectivity index (χ0n) is 14.1. The molecule has 0 bridgehead atoms. The van der Waals surface area contributed by atoms with Gasteiger partial charge in [0.1, 0.15) is 5.75 Å². The maximum Gasteiger partial charge on any atom is 0.259 e. The minimum atomic E-state index is -0.278. The fourth-order valence-corrected chi connectivity index (χ4v) is 2.21. The molecule has 5 nitrogen and oxygen atoms in total. The molecule has 2 aromatic carbocycles. The molecule has 0 aliphatic rings. The lowest BCUT2D eigenvalue weighted by atomic mass is 10.1. The van der Waals surface area contributed by atoms with Gasteiger partial charge < -0.3 is 15.4 Å². The predicted molar refractivity (Wildman–Crippen MR) is 94.6 cm³/mol. The summed E-state index contributed by atoms with van der Waals surface area (Å²) >= 11 is 0. The molecule has 0 unspecified atom stereocenters. The number of nitrogens with one attached hydrogen (secondary N) is 2. The lowest BCUT2D eigenvalue weighted by Crippen LogP contribution is -2.23. The monoisotopic (exact) mass is 326 g/mol. The Hall–Kier alpha value is -2.82. The first-order valence-electron chi connectivity index (χ1n) is 7.96. The van der Waals surface area contributed by atoms with Crippen LogP contribution < -0.4 is 15.4 Å². The van der Waals surface area contributed by atoms with E-state index in [0.717, 1.165) is 0 Å². The fourth-order valence-electron chi connectivity index (χ4n) is 2.21. The number of benzene rings is 2. The number of anilines is 1. The van der Waals surface area contributed by atoms with Crippen LogP contribution in [-0.2, 0) is 0 Å². The maximum absolute atomic E-state index is 12.5. The van der Waals surface area contributed by atoms with Crippen LogP contribution in [0.4, 0.5) is 5.69 Å². The molecule has 0 aromatic heterocycles. The van der Waals surface area contributed by atoms with E-state index in [0.29, 0.717) is 29.1 Å². The van der Waals surface area contributed by atoms with Gasteiger partial charge in [0.25, 0.3) is 11.8 Å². The van der Waals surface area contributed by atoms with E-state index in [1.54, 1.807) is 42.5 Å². The van der Waals surface area contributed by atoms with Gasteiger partial charge in [0.05, 0.1) is 11.7 Å². The van der Waals surface area contributed by atoms with Crippen molar-refractivity contribution < 1.29 is 14.3 Å². The molecule has 0 atom stereocenters. The van der Waals surface area contributed by atoms with Crippen LogP contribution in [0.5, 0.6) is 5.75 Å². The highest BCUT2D eigenvalue weighted by atomic mass is 16.5. The van der Waals surface area contributed by atoms with E-state index in [1.807, 2.05) is 26.8 Å². The molecule has 0 aliphatic carbocycles. The number of hydrogen-bond acceptors (Lipinski definition) is 3. The summed E-state index contributed by atoms with van der Waals surface area (Å²) in [5.74, 6) is 0.0846. The number of para-hydroxylation sites is 1. The second-order valence-electron chi connectivity index (χ2n) is 5.56. The molecule has 0 aliphatic heterocycles. The Morgan fingerprint density at radius 2 is 1.79 bits per heavy atom. The normalized spacial score (nSPS) is 10.3. The van der Waals surface area contributed by atoms with Gasteiger partial charge in [-0.15, -0.1) is 0 Å². The van der Waals surface area contributed by atoms with Crippen molar-refractivity contribution in [2.24, 2.45) is 0 Å². The van der Waals surface area contributed by atoms with Gasteiger partial charge in [0.2, 0.25) is 0 Å². The van der Waals surface area contributed by atoms with Crippen LogP contribution in [0.15, 0.2) is 48.5 Å². The molecule has 0 spiro atoms. The minimum absolute atomic E-state index is 0.0278. The second kappa shape index (κ2) is 8.15. The summed E-state index contributed by atoms with van der Waals surface area (Å²) in [5, 5.41) is 5.54. The van der Waals surface area contributed by atoms with Crippen LogP contribution in [0, 0.1) is 0 Å². The summed E-state index contributed by atoms with van der Waals surface area (Å²) in [6.07, 6.45) is -0.0278. The summed E-state index contributed by atoms with van der Waals surface area (Å²) < 4.78 is 5.67. The Bertz CT molecular complexity index is 726. The van der Waals surface area contributed by atoms with Gasteiger partial charge >= 0.3 is 0 Å². The van der Waals surface area contributed by atoms with E-state index in [2.05, 4.69) is 10.6 Å². The largest absolute Gasteiger partial charge is 0.490 e. The third kappa shape index (κ3) is 4.59. The Labute approximate surface area is 142 Å². The molecule has 24 heavy (non-hydrogen) atoms. The highest BCUT2D eigenvalue weighted by molar-refractivity contribution is 6.06. The minimum Gasteiger partial charge on any atom is -0.490 e. The van der Waals surface area contributed by atoms with Crippen LogP contribution in [-0.4, -0.2) is 24.5 Å². The molecular weight excluding hydrogens is 304 g/mol. The van der Waals surface area contributed by atoms with Gasteiger partial charge in [-0.1, -0.05) is 18.2 Å². The van der Waals surface area contributed by atoms with E-state index in [-0.39, 0.29) is 17.9 Å². The predicted octanol–water partition coefficient (Wildman–Crippen LogP) is 3.48. The third-order valence-corrected chi connectivity index (χ3v) is 3.21. The number of ether oxygens (including phenoxy) is 1. The number of rotatable bonds is 6. The number of carbonyl (C=O) groups is 2. The fraction of sp³-hybridized carbons (Fsp3) is 0.263. The van der Waals surface area contributed by atoms with Gasteiger partial charge in [-0.05, 0) is 51.1 Å². The molecule has 126 valence electrons. The highest BCUT2D eigenvalue weighted by Gasteiger charge is 2.14. The summed E-state index contributed by atoms with van der Waals surface area (Å²) in [7, 11) is 0. The van der Waals surface area contributed by atoms with Gasteiger partial charge in [-0.25, -0.2) is 0 Å². The first kappa shape index (κ1) is 17.5. The molecule has 2 rings (SSSR count). The lowest BCUT2D eigenvalue weighted by molar-refractivity contribution is 0.0954. The van der Waals surface area contributed by atoms with Crippen LogP contribution in [0.2, 0.25) is 0 Å². The zero-order chi connectivity index (χ0) is 17.5. The smallest absolute Gasteiger partial charge is 0.259 e. The molecule has 0 fully saturated rings. The average Bonchev–Trinajstić information content (AvgIpc) is 2.55. The molecule has 0 heterocycles. The summed E-state index contributed by atoms with van der Waals surface area (Å²) in [6, 6.07) is 13.9. The van der Waals surface area contributed by atoms with Gasteiger partial charge in [-0.3, -0.25) is 9.59 Å². The molecule has 0 radical (unpaired) electrons. The molecule has 5 heteroatoms. The second-order valence-corrected chi connectivity index (χ2v) is 5.56. The van der Waals surface area contributed by atoms with Crippen molar-refractivity contribution in [3.05, 3.63) is 59.7 Å². The van der Waals surface area contributed by atoms with Crippen molar-refractivity contribution in [1.29, 1.82) is 0 Å². The van der Waals surface area contributed by atoms with E-state index >= 15 is 0 Å². The Morgan fingerprint density at radius 1 is 1.04 bits per heavy atom. The summed E-state index contributed by atoms with van der Waals surface area (Å²) in [6.45, 7) is 6.22. The van der Waals surface area contributed by atoms with Gasteiger partial charge in [-0.2, -0.15) is 0 Å². The third-order valence-electron chi connectivity index (χ3n) is 3.21. The highest BCUT2D eigenvalue weighted by Crippen LogP contribution is 2.21. The summed E-state index contributed by atoms with van der Waals surface area (Å²) in [5.41, 5.74) is 1.51. The van der Waals surface area contributed by atoms with E-state index in [4.69, 9.17) is 4.74 Å². The van der Waals surface area contributed by atoms with Crippen LogP contribution in [0.1, 0.15) is 41.5 Å². The quantitative estimate of drug-likeness (QED) is 0.854. The molecule has 2 N–H and O–H groups in total. The zero-order valence-corrected chi connectivity index (χ0v) is 14.1. The number of amides is 2. The van der Waals surface area contributed by atoms with Crippen molar-refractivity contribution in [3.8, 4) is 5.75 Å². The van der Waals surface area contributed by atoms with Crippen molar-refractivity contribution in [2.75, 3.05) is 11.9 Å². The molecular formula is C19H22N2O3. The molecule has 0 saturated carbocycles. The maximum atomic E-state index is 12.5. The molecule has 0 saturated heterocycles. The summed E-state index contributed by atoms with van der Waals surface area (Å²) in [4.78, 5) is 24.4. The van der Waals surface area contributed by atoms with E-state index in [9.17, 15) is 9.59 Å². The molecule has 2 amide bonds. The number of hydrogen-bond donors (Lipinski definition) is 2. The van der Waals surface area contributed by atoms with Crippen molar-refractivity contribution in [2.45, 2.75) is 26.9 Å². The molecule has 2 aromatic rings. The Balaban J connectivity index is 2.18. The van der Waals surface area contributed by atoms with Crippen LogP contribution >= 0.6 is 0 Å². The standard InChI is InChI=1S/C19H22N2O3/c1-4-20-18(22)14-8-7-9-15(12-14)21-19(23)16-10-5-6-11-17(16)24-13(2)3/h5-13H,4H2,1-3H3,(H,20,22)(H,21,23). The Kier molecular flexibility index (Phi) is 5.95. The Morgan fingerprint density at radius 3 is 2.50 bits per heavy atom. The van der Waals surface area contributed by atoms with E-state index in [1.165, 1.54) is 0 Å².